The zero-order chi connectivity index (χ0) is 15.2. The molecule has 22 heavy (non-hydrogen) atoms. The molecule has 0 radical (unpaired) electrons. The summed E-state index contributed by atoms with van der Waals surface area (Å²) in [4.78, 5) is 11.8. The predicted molar refractivity (Wildman–Crippen MR) is 91.5 cm³/mol. The Hall–Kier alpha value is -1.56. The second-order valence-electron chi connectivity index (χ2n) is 5.06. The van der Waals surface area contributed by atoms with Crippen LogP contribution in [0.4, 0.5) is 5.82 Å². The topological polar surface area (TPSA) is 72.9 Å². The molecule has 1 atom stereocenters. The summed E-state index contributed by atoms with van der Waals surface area (Å²) in [6.07, 6.45) is 2.73. The second kappa shape index (κ2) is 8.78. The average molecular weight is 343 g/mol. The summed E-state index contributed by atoms with van der Waals surface area (Å²) in [5, 5.41) is 7.78. The third-order valence-corrected chi connectivity index (χ3v) is 3.31. The van der Waals surface area contributed by atoms with E-state index in [9.17, 15) is 4.79 Å². The number of aromatic nitrogens is 2. The van der Waals surface area contributed by atoms with E-state index in [2.05, 4.69) is 10.4 Å². The average Bonchev–Trinajstić information content (AvgIpc) is 2.86. The molecule has 0 saturated heterocycles. The van der Waals surface area contributed by atoms with Crippen LogP contribution in [0.25, 0.3) is 0 Å². The summed E-state index contributed by atoms with van der Waals surface area (Å²) in [7, 11) is 0. The zero-order valence-corrected chi connectivity index (χ0v) is 13.9. The van der Waals surface area contributed by atoms with Crippen molar-refractivity contribution in [2.45, 2.75) is 32.4 Å². The van der Waals surface area contributed by atoms with Crippen LogP contribution >= 0.6 is 24.0 Å². The highest BCUT2D eigenvalue weighted by molar-refractivity contribution is 6.30. The molecule has 0 saturated carbocycles. The van der Waals surface area contributed by atoms with Crippen molar-refractivity contribution in [3.63, 3.8) is 0 Å². The monoisotopic (exact) mass is 342 g/mol. The number of anilines is 1. The summed E-state index contributed by atoms with van der Waals surface area (Å²) in [5.41, 5.74) is 6.71. The molecule has 0 aliphatic rings. The lowest BCUT2D eigenvalue weighted by atomic mass is 10.2. The van der Waals surface area contributed by atoms with Gasteiger partial charge in [0.05, 0.1) is 12.7 Å². The Bertz CT molecular complexity index is 596. The molecule has 7 heteroatoms. The molecule has 120 valence electrons. The lowest BCUT2D eigenvalue weighted by Crippen LogP contribution is -2.20. The SMILES string of the molecule is CC(N)CCC(=O)Nc1ccnn1Cc1ccc(Cl)cc1.Cl. The van der Waals surface area contributed by atoms with Crippen LogP contribution in [-0.4, -0.2) is 21.7 Å². The molecule has 0 aliphatic carbocycles. The lowest BCUT2D eigenvalue weighted by Gasteiger charge is -2.10. The molecule has 1 unspecified atom stereocenters. The number of carbonyl (C=O) groups is 1. The molecule has 5 nitrogen and oxygen atoms in total. The van der Waals surface area contributed by atoms with Crippen LogP contribution in [0.3, 0.4) is 0 Å². The van der Waals surface area contributed by atoms with Gasteiger partial charge in [-0.15, -0.1) is 12.4 Å². The van der Waals surface area contributed by atoms with Crippen molar-refractivity contribution in [2.75, 3.05) is 5.32 Å². The molecule has 2 aromatic rings. The van der Waals surface area contributed by atoms with Crippen molar-refractivity contribution < 1.29 is 4.79 Å². The number of carbonyl (C=O) groups excluding carboxylic acids is 1. The number of halogens is 2. The number of benzene rings is 1. The molecular formula is C15H20Cl2N4O. The summed E-state index contributed by atoms with van der Waals surface area (Å²) < 4.78 is 1.74. The van der Waals surface area contributed by atoms with E-state index in [-0.39, 0.29) is 24.4 Å². The van der Waals surface area contributed by atoms with Gasteiger partial charge in [-0.2, -0.15) is 5.10 Å². The van der Waals surface area contributed by atoms with Gasteiger partial charge in [0.25, 0.3) is 0 Å². The maximum absolute atomic E-state index is 11.8. The summed E-state index contributed by atoms with van der Waals surface area (Å²) >= 11 is 5.86. The van der Waals surface area contributed by atoms with Gasteiger partial charge < -0.3 is 11.1 Å². The quantitative estimate of drug-likeness (QED) is 0.847. The molecule has 1 amide bonds. The maximum Gasteiger partial charge on any atom is 0.225 e. The highest BCUT2D eigenvalue weighted by Gasteiger charge is 2.08. The van der Waals surface area contributed by atoms with Crippen molar-refractivity contribution in [2.24, 2.45) is 5.73 Å². The number of nitrogens with one attached hydrogen (secondary N) is 1. The minimum Gasteiger partial charge on any atom is -0.328 e. The van der Waals surface area contributed by atoms with Crippen molar-refractivity contribution in [1.82, 2.24) is 9.78 Å². The van der Waals surface area contributed by atoms with Crippen LogP contribution in [0.1, 0.15) is 25.3 Å². The Morgan fingerprint density at radius 1 is 1.36 bits per heavy atom. The Morgan fingerprint density at radius 2 is 2.05 bits per heavy atom. The van der Waals surface area contributed by atoms with Crippen molar-refractivity contribution >= 4 is 35.7 Å². The van der Waals surface area contributed by atoms with Crippen molar-refractivity contribution in [3.8, 4) is 0 Å². The molecule has 1 heterocycles. The zero-order valence-electron chi connectivity index (χ0n) is 12.3. The first-order valence-corrected chi connectivity index (χ1v) is 7.24. The van der Waals surface area contributed by atoms with E-state index in [0.717, 1.165) is 5.56 Å². The van der Waals surface area contributed by atoms with E-state index in [4.69, 9.17) is 17.3 Å². The Morgan fingerprint density at radius 3 is 2.68 bits per heavy atom. The fourth-order valence-electron chi connectivity index (χ4n) is 1.89. The van der Waals surface area contributed by atoms with Crippen LogP contribution < -0.4 is 11.1 Å². The minimum atomic E-state index is -0.0508. The van der Waals surface area contributed by atoms with Gasteiger partial charge in [-0.05, 0) is 31.0 Å². The Balaban J connectivity index is 0.00000242. The van der Waals surface area contributed by atoms with Gasteiger partial charge in [0, 0.05) is 23.6 Å². The van der Waals surface area contributed by atoms with Gasteiger partial charge in [-0.1, -0.05) is 23.7 Å². The van der Waals surface area contributed by atoms with Gasteiger partial charge >= 0.3 is 0 Å². The Labute approximate surface area is 141 Å². The van der Waals surface area contributed by atoms with Crippen molar-refractivity contribution in [1.29, 1.82) is 0 Å². The van der Waals surface area contributed by atoms with E-state index in [1.807, 2.05) is 31.2 Å². The van der Waals surface area contributed by atoms with E-state index < -0.39 is 0 Å². The predicted octanol–water partition coefficient (Wildman–Crippen LogP) is 3.07. The molecule has 0 bridgehead atoms. The van der Waals surface area contributed by atoms with E-state index in [1.54, 1.807) is 16.9 Å². The molecule has 2 rings (SSSR count). The van der Waals surface area contributed by atoms with E-state index in [0.29, 0.717) is 30.2 Å². The van der Waals surface area contributed by atoms with Crippen LogP contribution in [-0.2, 0) is 11.3 Å². The van der Waals surface area contributed by atoms with Gasteiger partial charge in [-0.3, -0.25) is 4.79 Å². The van der Waals surface area contributed by atoms with Gasteiger partial charge in [0.15, 0.2) is 0 Å². The lowest BCUT2D eigenvalue weighted by molar-refractivity contribution is -0.116. The molecule has 3 N–H and O–H groups in total. The second-order valence-corrected chi connectivity index (χ2v) is 5.50. The molecular weight excluding hydrogens is 323 g/mol. The largest absolute Gasteiger partial charge is 0.328 e. The fraction of sp³-hybridized carbons (Fsp3) is 0.333. The van der Waals surface area contributed by atoms with Crippen LogP contribution in [0, 0.1) is 0 Å². The summed E-state index contributed by atoms with van der Waals surface area (Å²) in [6, 6.07) is 9.34. The normalized spacial score (nSPS) is 11.6. The number of hydrogen-bond acceptors (Lipinski definition) is 3. The highest BCUT2D eigenvalue weighted by Crippen LogP contribution is 2.14. The smallest absolute Gasteiger partial charge is 0.225 e. The van der Waals surface area contributed by atoms with Gasteiger partial charge in [0.2, 0.25) is 5.91 Å². The van der Waals surface area contributed by atoms with E-state index >= 15 is 0 Å². The third kappa shape index (κ3) is 5.67. The van der Waals surface area contributed by atoms with Crippen LogP contribution in [0.15, 0.2) is 36.5 Å². The summed E-state index contributed by atoms with van der Waals surface area (Å²) in [6.45, 7) is 2.46. The maximum atomic E-state index is 11.8. The van der Waals surface area contributed by atoms with Crippen LogP contribution in [0.5, 0.6) is 0 Å². The first kappa shape index (κ1) is 18.5. The highest BCUT2D eigenvalue weighted by atomic mass is 35.5. The number of hydrogen-bond donors (Lipinski definition) is 2. The Kier molecular flexibility index (Phi) is 7.38. The first-order chi connectivity index (χ1) is 10.0. The van der Waals surface area contributed by atoms with Crippen LogP contribution in [0.2, 0.25) is 5.02 Å². The molecule has 0 spiro atoms. The van der Waals surface area contributed by atoms with Crippen molar-refractivity contribution in [3.05, 3.63) is 47.1 Å². The molecule has 0 fully saturated rings. The number of nitrogens with two attached hydrogens (primary N) is 1. The molecule has 1 aromatic carbocycles. The number of nitrogens with zero attached hydrogens (tertiary/aromatic N) is 2. The van der Waals surface area contributed by atoms with E-state index in [1.165, 1.54) is 0 Å². The number of amides is 1. The van der Waals surface area contributed by atoms with Gasteiger partial charge in [-0.25, -0.2) is 4.68 Å². The third-order valence-electron chi connectivity index (χ3n) is 3.06. The van der Waals surface area contributed by atoms with Gasteiger partial charge in [0.1, 0.15) is 5.82 Å². The number of rotatable bonds is 6. The minimum absolute atomic E-state index is 0. The summed E-state index contributed by atoms with van der Waals surface area (Å²) in [5.74, 6) is 0.629. The molecule has 1 aromatic heterocycles. The first-order valence-electron chi connectivity index (χ1n) is 6.86. The fourth-order valence-corrected chi connectivity index (χ4v) is 2.02. The standard InChI is InChI=1S/C15H19ClN4O.ClH/c1-11(17)2-7-15(21)19-14-8-9-18-20(14)10-12-3-5-13(16)6-4-12;/h3-6,8-9,11H,2,7,10,17H2,1H3,(H,19,21);1H. The molecule has 0 aliphatic heterocycles.